The Morgan fingerprint density at radius 1 is 0.929 bits per heavy atom. The van der Waals surface area contributed by atoms with Gasteiger partial charge >= 0.3 is 0 Å². The molecular weight excluding hydrogens is 267 g/mol. The van der Waals surface area contributed by atoms with E-state index in [1.165, 1.54) is 0 Å². The highest BCUT2D eigenvalue weighted by atomic mass is 35.5. The van der Waals surface area contributed by atoms with Crippen molar-refractivity contribution in [3.63, 3.8) is 0 Å². The monoisotopic (exact) mass is 266 g/mol. The van der Waals surface area contributed by atoms with Crippen LogP contribution < -0.4 is 0 Å². The maximum Gasteiger partial charge on any atom is 0.281 e. The van der Waals surface area contributed by atoms with E-state index in [2.05, 4.69) is 9.97 Å². The predicted octanol–water partition coefficient (Wildman–Crippen LogP) is 2.51. The van der Waals surface area contributed by atoms with Crippen molar-refractivity contribution in [2.75, 3.05) is 0 Å². The third-order valence-corrected chi connectivity index (χ3v) is 3.92. The molecule has 0 bridgehead atoms. The maximum absolute atomic E-state index is 10.7. The zero-order valence-corrected chi connectivity index (χ0v) is 9.43. The van der Waals surface area contributed by atoms with Crippen molar-refractivity contribution in [2.24, 2.45) is 0 Å². The minimum absolute atomic E-state index is 0.175. The second kappa shape index (κ2) is 3.54. The SMILES string of the molecule is O=C(Cl)c1nc2sc(C(=O)Cl)nc2s1. The third-order valence-electron chi connectivity index (χ3n) is 1.31. The van der Waals surface area contributed by atoms with E-state index < -0.39 is 10.5 Å². The van der Waals surface area contributed by atoms with Crippen LogP contribution in [-0.2, 0) is 0 Å². The number of nitrogens with zero attached hydrogens (tertiary/aromatic N) is 2. The molecule has 0 saturated heterocycles. The number of halogens is 2. The Hall–Kier alpha value is -0.560. The fraction of sp³-hybridized carbons (Fsp3) is 0. The Balaban J connectivity index is 2.56. The van der Waals surface area contributed by atoms with Crippen LogP contribution in [0.4, 0.5) is 0 Å². The second-order valence-corrected chi connectivity index (χ2v) is 4.84. The molecule has 0 unspecified atom stereocenters. The van der Waals surface area contributed by atoms with Gasteiger partial charge in [-0.25, -0.2) is 9.97 Å². The molecule has 8 heteroatoms. The largest absolute Gasteiger partial charge is 0.281 e. The zero-order chi connectivity index (χ0) is 10.3. The molecule has 2 rings (SSSR count). The van der Waals surface area contributed by atoms with E-state index in [0.717, 1.165) is 22.7 Å². The summed E-state index contributed by atoms with van der Waals surface area (Å²) in [5.41, 5.74) is 0. The van der Waals surface area contributed by atoms with Gasteiger partial charge in [0.25, 0.3) is 10.5 Å². The lowest BCUT2D eigenvalue weighted by atomic mass is 10.7. The van der Waals surface area contributed by atoms with E-state index in [0.29, 0.717) is 9.66 Å². The molecule has 2 aromatic heterocycles. The third kappa shape index (κ3) is 1.66. The van der Waals surface area contributed by atoms with Gasteiger partial charge in [-0.05, 0) is 23.2 Å². The topological polar surface area (TPSA) is 59.9 Å². The summed E-state index contributed by atoms with van der Waals surface area (Å²) in [6.07, 6.45) is 0. The van der Waals surface area contributed by atoms with Crippen LogP contribution in [0.1, 0.15) is 19.6 Å². The Labute approximate surface area is 95.5 Å². The fourth-order valence-electron chi connectivity index (χ4n) is 0.810. The summed E-state index contributed by atoms with van der Waals surface area (Å²) in [7, 11) is 0. The Morgan fingerprint density at radius 2 is 1.29 bits per heavy atom. The van der Waals surface area contributed by atoms with Crippen LogP contribution in [0, 0.1) is 0 Å². The van der Waals surface area contributed by atoms with Crippen molar-refractivity contribution in [3.05, 3.63) is 10.0 Å². The Bertz CT molecular complexity index is 458. The van der Waals surface area contributed by atoms with Crippen LogP contribution in [0.2, 0.25) is 0 Å². The first-order valence-corrected chi connectivity index (χ1v) is 5.64. The van der Waals surface area contributed by atoms with E-state index in [-0.39, 0.29) is 10.0 Å². The standard InChI is InChI=1S/C6Cl2N2O2S2/c7-1(11)3-9-5-6(13-3)10-4(14-5)2(8)12. The molecule has 0 amide bonds. The van der Waals surface area contributed by atoms with Gasteiger partial charge < -0.3 is 0 Å². The van der Waals surface area contributed by atoms with Gasteiger partial charge in [0, 0.05) is 0 Å². The van der Waals surface area contributed by atoms with Crippen molar-refractivity contribution in [3.8, 4) is 0 Å². The second-order valence-electron chi connectivity index (χ2n) is 2.20. The molecule has 0 aliphatic carbocycles. The summed E-state index contributed by atoms with van der Waals surface area (Å²) in [4.78, 5) is 30.3. The highest BCUT2D eigenvalue weighted by molar-refractivity contribution is 7.29. The molecule has 0 saturated carbocycles. The molecule has 0 fully saturated rings. The molecule has 2 aromatic rings. The van der Waals surface area contributed by atoms with E-state index in [4.69, 9.17) is 23.2 Å². The lowest BCUT2D eigenvalue weighted by molar-refractivity contribution is 0.107. The Kier molecular flexibility index (Phi) is 2.52. The lowest BCUT2D eigenvalue weighted by Gasteiger charge is -1.80. The summed E-state index contributed by atoms with van der Waals surface area (Å²) in [5, 5.41) is -0.902. The number of carbonyl (C=O) groups excluding carboxylic acids is 2. The van der Waals surface area contributed by atoms with E-state index >= 15 is 0 Å². The molecule has 0 radical (unpaired) electrons. The minimum atomic E-state index is -0.626. The van der Waals surface area contributed by atoms with Gasteiger partial charge in [-0.1, -0.05) is 22.7 Å². The van der Waals surface area contributed by atoms with Crippen LogP contribution in [0.3, 0.4) is 0 Å². The first-order valence-electron chi connectivity index (χ1n) is 3.25. The van der Waals surface area contributed by atoms with Gasteiger partial charge in [0.2, 0.25) is 0 Å². The van der Waals surface area contributed by atoms with Crippen molar-refractivity contribution in [2.45, 2.75) is 0 Å². The summed E-state index contributed by atoms with van der Waals surface area (Å²) in [6, 6.07) is 0. The number of rotatable bonds is 2. The number of aromatic nitrogens is 2. The molecule has 0 spiro atoms. The van der Waals surface area contributed by atoms with Crippen LogP contribution in [-0.4, -0.2) is 20.5 Å². The molecule has 14 heavy (non-hydrogen) atoms. The van der Waals surface area contributed by atoms with Gasteiger partial charge in [-0.2, -0.15) is 0 Å². The smallest absolute Gasteiger partial charge is 0.273 e. The Morgan fingerprint density at radius 3 is 1.57 bits per heavy atom. The molecule has 0 aliphatic rings. The van der Waals surface area contributed by atoms with E-state index in [1.807, 2.05) is 0 Å². The highest BCUT2D eigenvalue weighted by Crippen LogP contribution is 2.28. The van der Waals surface area contributed by atoms with Crippen molar-refractivity contribution in [1.82, 2.24) is 9.97 Å². The molecule has 0 N–H and O–H groups in total. The van der Waals surface area contributed by atoms with E-state index in [1.54, 1.807) is 0 Å². The lowest BCUT2D eigenvalue weighted by Crippen LogP contribution is -1.86. The maximum atomic E-state index is 10.7. The minimum Gasteiger partial charge on any atom is -0.273 e. The summed E-state index contributed by atoms with van der Waals surface area (Å²) >= 11 is 12.5. The summed E-state index contributed by atoms with van der Waals surface area (Å²) in [6.45, 7) is 0. The average molecular weight is 267 g/mol. The first kappa shape index (κ1) is 9.97. The van der Waals surface area contributed by atoms with Gasteiger partial charge in [-0.15, -0.1) is 0 Å². The van der Waals surface area contributed by atoms with Crippen molar-refractivity contribution in [1.29, 1.82) is 0 Å². The molecule has 0 aromatic carbocycles. The number of thiazole rings is 2. The molecule has 72 valence electrons. The van der Waals surface area contributed by atoms with Crippen LogP contribution in [0.15, 0.2) is 0 Å². The summed E-state index contributed by atoms with van der Waals surface area (Å²) < 4.78 is 0. The number of carbonyl (C=O) groups is 2. The highest BCUT2D eigenvalue weighted by Gasteiger charge is 2.16. The number of hydrogen-bond donors (Lipinski definition) is 0. The van der Waals surface area contributed by atoms with Gasteiger partial charge in [0.1, 0.15) is 0 Å². The predicted molar refractivity (Wildman–Crippen MR) is 55.7 cm³/mol. The number of fused-ring (bicyclic) bond motifs is 1. The average Bonchev–Trinajstić information content (AvgIpc) is 2.57. The zero-order valence-electron chi connectivity index (χ0n) is 6.28. The molecule has 4 nitrogen and oxygen atoms in total. The summed E-state index contributed by atoms with van der Waals surface area (Å²) in [5.74, 6) is 0. The molecule has 0 atom stereocenters. The van der Waals surface area contributed by atoms with Crippen LogP contribution in [0.5, 0.6) is 0 Å². The molecular formula is C6Cl2N2O2S2. The van der Waals surface area contributed by atoms with Crippen molar-refractivity contribution >= 4 is 66.0 Å². The van der Waals surface area contributed by atoms with Crippen molar-refractivity contribution < 1.29 is 9.59 Å². The van der Waals surface area contributed by atoms with Crippen LogP contribution >= 0.6 is 45.9 Å². The first-order chi connectivity index (χ1) is 6.58. The van der Waals surface area contributed by atoms with E-state index in [9.17, 15) is 9.59 Å². The molecule has 0 aliphatic heterocycles. The normalized spacial score (nSPS) is 10.7. The van der Waals surface area contributed by atoms with Gasteiger partial charge in [0.05, 0.1) is 0 Å². The van der Waals surface area contributed by atoms with Gasteiger partial charge in [-0.3, -0.25) is 9.59 Å². The van der Waals surface area contributed by atoms with Gasteiger partial charge in [0.15, 0.2) is 19.7 Å². The quantitative estimate of drug-likeness (QED) is 0.784. The molecule has 2 heterocycles. The number of hydrogen-bond acceptors (Lipinski definition) is 6. The van der Waals surface area contributed by atoms with Crippen LogP contribution in [0.25, 0.3) is 9.66 Å². The fourth-order valence-corrected chi connectivity index (χ4v) is 2.83.